The molecule has 1 aromatic carbocycles. The Morgan fingerprint density at radius 1 is 1.15 bits per heavy atom. The Balaban J connectivity index is 2.23. The summed E-state index contributed by atoms with van der Waals surface area (Å²) in [6, 6.07) is 12.1. The van der Waals surface area contributed by atoms with Crippen LogP contribution >= 0.6 is 0 Å². The van der Waals surface area contributed by atoms with Crippen LogP contribution in [-0.4, -0.2) is 20.1 Å². The van der Waals surface area contributed by atoms with E-state index in [4.69, 9.17) is 10.7 Å². The van der Waals surface area contributed by atoms with Crippen LogP contribution in [0, 0.1) is 0 Å². The highest BCUT2D eigenvalue weighted by atomic mass is 15.1. The normalized spacial score (nSPS) is 11.9. The maximum absolute atomic E-state index is 6.20. The molecule has 0 saturated carbocycles. The Labute approximate surface area is 118 Å². The first-order valence-corrected chi connectivity index (χ1v) is 6.69. The number of hydrogen-bond donors (Lipinski definition) is 1. The molecule has 0 bridgehead atoms. The second kappa shape index (κ2) is 4.72. The molecule has 2 heterocycles. The van der Waals surface area contributed by atoms with E-state index in [2.05, 4.69) is 15.6 Å². The van der Waals surface area contributed by atoms with E-state index in [1.165, 1.54) is 0 Å². The van der Waals surface area contributed by atoms with Crippen molar-refractivity contribution in [2.45, 2.75) is 25.9 Å². The number of hydrogen-bond acceptors (Lipinski definition) is 3. The average Bonchev–Trinajstić information content (AvgIpc) is 2.77. The molecule has 0 radical (unpaired) electrons. The maximum atomic E-state index is 6.20. The Hall–Kier alpha value is -2.20. The second-order valence-electron chi connectivity index (χ2n) is 5.74. The number of imidazole rings is 1. The summed E-state index contributed by atoms with van der Waals surface area (Å²) in [7, 11) is 0. The molecule has 3 rings (SSSR count). The van der Waals surface area contributed by atoms with Gasteiger partial charge in [0.15, 0.2) is 0 Å². The van der Waals surface area contributed by atoms with Crippen LogP contribution in [0.15, 0.2) is 48.8 Å². The molecule has 0 spiro atoms. The summed E-state index contributed by atoms with van der Waals surface area (Å²) >= 11 is 0. The summed E-state index contributed by atoms with van der Waals surface area (Å²) < 4.78 is 2.17. The lowest BCUT2D eigenvalue weighted by Gasteiger charge is -2.21. The molecule has 0 saturated heterocycles. The van der Waals surface area contributed by atoms with E-state index < -0.39 is 0 Å². The summed E-state index contributed by atoms with van der Waals surface area (Å²) in [4.78, 5) is 8.92. The predicted molar refractivity (Wildman–Crippen MR) is 81.2 cm³/mol. The van der Waals surface area contributed by atoms with Crippen LogP contribution in [-0.2, 0) is 6.54 Å². The summed E-state index contributed by atoms with van der Waals surface area (Å²) in [5.74, 6) is 0.915. The number of aromatic nitrogens is 3. The fourth-order valence-corrected chi connectivity index (χ4v) is 2.36. The molecule has 0 fully saturated rings. The lowest BCUT2D eigenvalue weighted by molar-refractivity contribution is 0.442. The summed E-state index contributed by atoms with van der Waals surface area (Å²) in [5.41, 5.74) is 8.99. The molecular formula is C16H18N4. The van der Waals surface area contributed by atoms with Crippen molar-refractivity contribution >= 4 is 11.0 Å². The van der Waals surface area contributed by atoms with Gasteiger partial charge in [-0.2, -0.15) is 0 Å². The summed E-state index contributed by atoms with van der Waals surface area (Å²) in [6.07, 6.45) is 3.60. The minimum atomic E-state index is -0.305. The van der Waals surface area contributed by atoms with E-state index in [0.29, 0.717) is 6.54 Å². The van der Waals surface area contributed by atoms with Gasteiger partial charge in [0.25, 0.3) is 0 Å². The van der Waals surface area contributed by atoms with Gasteiger partial charge in [-0.15, -0.1) is 0 Å². The number of para-hydroxylation sites is 2. The van der Waals surface area contributed by atoms with Crippen molar-refractivity contribution in [3.05, 3.63) is 48.8 Å². The zero-order chi connectivity index (χ0) is 14.2. The molecule has 4 nitrogen and oxygen atoms in total. The molecule has 0 unspecified atom stereocenters. The molecule has 0 aliphatic heterocycles. The third-order valence-electron chi connectivity index (χ3n) is 3.14. The van der Waals surface area contributed by atoms with Crippen molar-refractivity contribution < 1.29 is 0 Å². The van der Waals surface area contributed by atoms with Crippen LogP contribution in [0.25, 0.3) is 22.4 Å². The fourth-order valence-electron chi connectivity index (χ4n) is 2.36. The molecule has 0 amide bonds. The van der Waals surface area contributed by atoms with Gasteiger partial charge >= 0.3 is 0 Å². The predicted octanol–water partition coefficient (Wildman–Crippen LogP) is 2.84. The number of fused-ring (bicyclic) bond motifs is 1. The molecule has 0 atom stereocenters. The Morgan fingerprint density at radius 2 is 1.95 bits per heavy atom. The standard InChI is InChI=1S/C16H18N4/c1-16(2,17)11-20-14-8-4-3-7-13(14)19-15(20)12-6-5-9-18-10-12/h3-10H,11,17H2,1-2H3. The fraction of sp³-hybridized carbons (Fsp3) is 0.250. The molecule has 4 heteroatoms. The van der Waals surface area contributed by atoms with Crippen LogP contribution in [0.5, 0.6) is 0 Å². The van der Waals surface area contributed by atoms with E-state index in [9.17, 15) is 0 Å². The van der Waals surface area contributed by atoms with E-state index in [-0.39, 0.29) is 5.54 Å². The number of rotatable bonds is 3. The van der Waals surface area contributed by atoms with Gasteiger partial charge in [0, 0.05) is 30.0 Å². The average molecular weight is 266 g/mol. The topological polar surface area (TPSA) is 56.7 Å². The monoisotopic (exact) mass is 266 g/mol. The van der Waals surface area contributed by atoms with E-state index in [0.717, 1.165) is 22.4 Å². The van der Waals surface area contributed by atoms with Gasteiger partial charge in [-0.1, -0.05) is 12.1 Å². The zero-order valence-electron chi connectivity index (χ0n) is 11.7. The lowest BCUT2D eigenvalue weighted by atomic mass is 10.1. The molecule has 0 aliphatic rings. The number of benzene rings is 1. The largest absolute Gasteiger partial charge is 0.324 e. The van der Waals surface area contributed by atoms with Crippen molar-refractivity contribution in [2.24, 2.45) is 5.73 Å². The van der Waals surface area contributed by atoms with Gasteiger partial charge in [-0.3, -0.25) is 4.98 Å². The Kier molecular flexibility index (Phi) is 3.03. The number of nitrogens with zero attached hydrogens (tertiary/aromatic N) is 3. The maximum Gasteiger partial charge on any atom is 0.142 e. The van der Waals surface area contributed by atoms with Crippen molar-refractivity contribution in [1.82, 2.24) is 14.5 Å². The van der Waals surface area contributed by atoms with Gasteiger partial charge in [-0.05, 0) is 38.1 Å². The third kappa shape index (κ3) is 2.42. The summed E-state index contributed by atoms with van der Waals surface area (Å²) in [6.45, 7) is 4.75. The highest BCUT2D eigenvalue weighted by molar-refractivity contribution is 5.80. The highest BCUT2D eigenvalue weighted by Gasteiger charge is 2.18. The first-order chi connectivity index (χ1) is 9.54. The van der Waals surface area contributed by atoms with Crippen LogP contribution in [0.4, 0.5) is 0 Å². The van der Waals surface area contributed by atoms with Crippen molar-refractivity contribution in [1.29, 1.82) is 0 Å². The smallest absolute Gasteiger partial charge is 0.142 e. The van der Waals surface area contributed by atoms with Crippen LogP contribution in [0.1, 0.15) is 13.8 Å². The van der Waals surface area contributed by atoms with Gasteiger partial charge in [-0.25, -0.2) is 4.98 Å². The number of pyridine rings is 1. The SMILES string of the molecule is CC(C)(N)Cn1c(-c2cccnc2)nc2ccccc21. The minimum Gasteiger partial charge on any atom is -0.324 e. The zero-order valence-corrected chi connectivity index (χ0v) is 11.7. The van der Waals surface area contributed by atoms with E-state index in [1.54, 1.807) is 6.20 Å². The van der Waals surface area contributed by atoms with E-state index >= 15 is 0 Å². The van der Waals surface area contributed by atoms with Gasteiger partial charge < -0.3 is 10.3 Å². The first kappa shape index (κ1) is 12.8. The molecule has 3 aromatic rings. The van der Waals surface area contributed by atoms with Gasteiger partial charge in [0.1, 0.15) is 5.82 Å². The van der Waals surface area contributed by atoms with Crippen molar-refractivity contribution in [3.63, 3.8) is 0 Å². The van der Waals surface area contributed by atoms with Crippen LogP contribution in [0.2, 0.25) is 0 Å². The van der Waals surface area contributed by atoms with Crippen LogP contribution in [0.3, 0.4) is 0 Å². The molecule has 20 heavy (non-hydrogen) atoms. The Bertz CT molecular complexity index is 723. The van der Waals surface area contributed by atoms with E-state index in [1.807, 2.05) is 50.4 Å². The first-order valence-electron chi connectivity index (χ1n) is 6.69. The highest BCUT2D eigenvalue weighted by Crippen LogP contribution is 2.25. The van der Waals surface area contributed by atoms with Crippen molar-refractivity contribution in [3.8, 4) is 11.4 Å². The Morgan fingerprint density at radius 3 is 2.65 bits per heavy atom. The lowest BCUT2D eigenvalue weighted by Crippen LogP contribution is -2.37. The van der Waals surface area contributed by atoms with Gasteiger partial charge in [0.05, 0.1) is 11.0 Å². The molecule has 0 aliphatic carbocycles. The molecular weight excluding hydrogens is 248 g/mol. The van der Waals surface area contributed by atoms with Crippen molar-refractivity contribution in [2.75, 3.05) is 0 Å². The third-order valence-corrected chi connectivity index (χ3v) is 3.14. The summed E-state index contributed by atoms with van der Waals surface area (Å²) in [5, 5.41) is 0. The molecule has 2 N–H and O–H groups in total. The number of nitrogens with two attached hydrogens (primary N) is 1. The molecule has 2 aromatic heterocycles. The van der Waals surface area contributed by atoms with Gasteiger partial charge in [0.2, 0.25) is 0 Å². The second-order valence-corrected chi connectivity index (χ2v) is 5.74. The minimum absolute atomic E-state index is 0.305. The molecule has 102 valence electrons. The quantitative estimate of drug-likeness (QED) is 0.793. The van der Waals surface area contributed by atoms with Crippen LogP contribution < -0.4 is 5.73 Å².